The molecule has 2 rings (SSSR count). The fraction of sp³-hybridized carbons (Fsp3) is 0.571. The van der Waals surface area contributed by atoms with E-state index in [1.165, 1.54) is 18.9 Å². The molecule has 0 nitrogen and oxygen atoms in total. The summed E-state index contributed by atoms with van der Waals surface area (Å²) in [5, 5.41) is -0.399. The number of hydrogen-bond acceptors (Lipinski definition) is 0. The summed E-state index contributed by atoms with van der Waals surface area (Å²) in [7, 11) is 0. The molecule has 1 aromatic rings. The van der Waals surface area contributed by atoms with E-state index < -0.39 is 17.0 Å². The Kier molecular flexibility index (Phi) is 4.38. The van der Waals surface area contributed by atoms with Crippen molar-refractivity contribution in [1.29, 1.82) is 0 Å². The third-order valence-electron chi connectivity index (χ3n) is 3.57. The van der Waals surface area contributed by atoms with Crippen molar-refractivity contribution in [3.05, 3.63) is 35.4 Å². The standard InChI is InChI=1S/C14H17ClF2/c15-14(10-5-3-1-2-4-6-10)12-9-11(16)7-8-13(12)17/h7-10,14H,1-6H2. The molecule has 1 unspecified atom stereocenters. The first-order chi connectivity index (χ1) is 8.18. The van der Waals surface area contributed by atoms with E-state index in [2.05, 4.69) is 0 Å². The van der Waals surface area contributed by atoms with Gasteiger partial charge >= 0.3 is 0 Å². The SMILES string of the molecule is Fc1ccc(F)c(C(Cl)C2CCCCCC2)c1. The Morgan fingerprint density at radius 1 is 1.06 bits per heavy atom. The molecular formula is C14H17ClF2. The fourth-order valence-electron chi connectivity index (χ4n) is 2.58. The van der Waals surface area contributed by atoms with Crippen LogP contribution in [0, 0.1) is 17.6 Å². The molecule has 94 valence electrons. The molecule has 3 heteroatoms. The van der Waals surface area contributed by atoms with Gasteiger partial charge in [0.1, 0.15) is 11.6 Å². The van der Waals surface area contributed by atoms with Gasteiger partial charge in [-0.2, -0.15) is 0 Å². The first kappa shape index (κ1) is 12.8. The molecule has 1 atom stereocenters. The van der Waals surface area contributed by atoms with Gasteiger partial charge in [-0.25, -0.2) is 8.78 Å². The fourth-order valence-corrected chi connectivity index (χ4v) is 3.00. The Morgan fingerprint density at radius 2 is 1.71 bits per heavy atom. The average Bonchev–Trinajstić information content (AvgIpc) is 2.60. The maximum atomic E-state index is 13.6. The van der Waals surface area contributed by atoms with Crippen LogP contribution < -0.4 is 0 Å². The van der Waals surface area contributed by atoms with Gasteiger partial charge < -0.3 is 0 Å². The molecular weight excluding hydrogens is 242 g/mol. The highest BCUT2D eigenvalue weighted by molar-refractivity contribution is 6.21. The van der Waals surface area contributed by atoms with E-state index in [0.717, 1.165) is 37.8 Å². The smallest absolute Gasteiger partial charge is 0.128 e. The Balaban J connectivity index is 2.16. The largest absolute Gasteiger partial charge is 0.207 e. The highest BCUT2D eigenvalue weighted by Crippen LogP contribution is 2.38. The lowest BCUT2D eigenvalue weighted by molar-refractivity contribution is 0.433. The minimum absolute atomic E-state index is 0.274. The van der Waals surface area contributed by atoms with Crippen LogP contribution in [0.25, 0.3) is 0 Å². The number of alkyl halides is 1. The highest BCUT2D eigenvalue weighted by atomic mass is 35.5. The van der Waals surface area contributed by atoms with Crippen molar-refractivity contribution >= 4 is 11.6 Å². The molecule has 0 saturated heterocycles. The molecule has 0 radical (unpaired) electrons. The first-order valence-corrected chi connectivity index (χ1v) is 6.71. The van der Waals surface area contributed by atoms with Crippen LogP contribution in [0.1, 0.15) is 49.5 Å². The lowest BCUT2D eigenvalue weighted by Gasteiger charge is -2.21. The van der Waals surface area contributed by atoms with Crippen molar-refractivity contribution < 1.29 is 8.78 Å². The number of rotatable bonds is 2. The van der Waals surface area contributed by atoms with E-state index in [4.69, 9.17) is 11.6 Å². The van der Waals surface area contributed by atoms with E-state index >= 15 is 0 Å². The van der Waals surface area contributed by atoms with Crippen LogP contribution in [0.5, 0.6) is 0 Å². The average molecular weight is 259 g/mol. The van der Waals surface area contributed by atoms with Crippen molar-refractivity contribution in [2.75, 3.05) is 0 Å². The Morgan fingerprint density at radius 3 is 2.35 bits per heavy atom. The van der Waals surface area contributed by atoms with Crippen LogP contribution in [0.3, 0.4) is 0 Å². The minimum atomic E-state index is -0.416. The summed E-state index contributed by atoms with van der Waals surface area (Å²) in [4.78, 5) is 0. The summed E-state index contributed by atoms with van der Waals surface area (Å²) < 4.78 is 26.8. The Labute approximate surface area is 106 Å². The number of benzene rings is 1. The molecule has 0 bridgehead atoms. The van der Waals surface area contributed by atoms with Gasteiger partial charge in [0.15, 0.2) is 0 Å². The van der Waals surface area contributed by atoms with Crippen LogP contribution in [0.4, 0.5) is 8.78 Å². The van der Waals surface area contributed by atoms with Crippen LogP contribution in [0.15, 0.2) is 18.2 Å². The lowest BCUT2D eigenvalue weighted by Crippen LogP contribution is -2.09. The monoisotopic (exact) mass is 258 g/mol. The molecule has 1 aliphatic carbocycles. The van der Waals surface area contributed by atoms with Gasteiger partial charge in [-0.15, -0.1) is 11.6 Å². The number of halogens is 3. The molecule has 1 aliphatic rings. The molecule has 0 spiro atoms. The molecule has 0 aromatic heterocycles. The van der Waals surface area contributed by atoms with Crippen LogP contribution in [0.2, 0.25) is 0 Å². The molecule has 0 heterocycles. The van der Waals surface area contributed by atoms with Gasteiger partial charge in [-0.05, 0) is 37.0 Å². The van der Waals surface area contributed by atoms with Crippen molar-refractivity contribution in [3.8, 4) is 0 Å². The van der Waals surface area contributed by atoms with Gasteiger partial charge in [0.05, 0.1) is 5.38 Å². The summed E-state index contributed by atoms with van der Waals surface area (Å²) in [5.41, 5.74) is 0.318. The van der Waals surface area contributed by atoms with Gasteiger partial charge in [-0.3, -0.25) is 0 Å². The lowest BCUT2D eigenvalue weighted by atomic mass is 9.91. The third kappa shape index (κ3) is 3.19. The van der Waals surface area contributed by atoms with Gasteiger partial charge in [-0.1, -0.05) is 25.7 Å². The maximum Gasteiger partial charge on any atom is 0.128 e. The van der Waals surface area contributed by atoms with E-state index in [0.29, 0.717) is 5.56 Å². The Hall–Kier alpha value is -0.630. The van der Waals surface area contributed by atoms with Crippen LogP contribution in [-0.4, -0.2) is 0 Å². The summed E-state index contributed by atoms with van der Waals surface area (Å²) in [5.74, 6) is -0.535. The van der Waals surface area contributed by atoms with E-state index in [9.17, 15) is 8.78 Å². The summed E-state index contributed by atoms with van der Waals surface area (Å²) >= 11 is 6.33. The van der Waals surface area contributed by atoms with Crippen molar-refractivity contribution in [3.63, 3.8) is 0 Å². The quantitative estimate of drug-likeness (QED) is 0.504. The molecule has 1 fully saturated rings. The zero-order chi connectivity index (χ0) is 12.3. The molecule has 17 heavy (non-hydrogen) atoms. The molecule has 0 aliphatic heterocycles. The van der Waals surface area contributed by atoms with E-state index in [1.54, 1.807) is 0 Å². The zero-order valence-electron chi connectivity index (χ0n) is 9.76. The first-order valence-electron chi connectivity index (χ1n) is 6.27. The predicted octanol–water partition coefficient (Wildman–Crippen LogP) is 5.22. The van der Waals surface area contributed by atoms with Crippen LogP contribution in [-0.2, 0) is 0 Å². The summed E-state index contributed by atoms with van der Waals surface area (Å²) in [6.07, 6.45) is 6.78. The third-order valence-corrected chi connectivity index (χ3v) is 4.16. The minimum Gasteiger partial charge on any atom is -0.207 e. The van der Waals surface area contributed by atoms with Crippen molar-refractivity contribution in [2.24, 2.45) is 5.92 Å². The molecule has 0 amide bonds. The van der Waals surface area contributed by atoms with Crippen molar-refractivity contribution in [1.82, 2.24) is 0 Å². The number of hydrogen-bond donors (Lipinski definition) is 0. The molecule has 0 N–H and O–H groups in total. The predicted molar refractivity (Wildman–Crippen MR) is 66.1 cm³/mol. The topological polar surface area (TPSA) is 0 Å². The van der Waals surface area contributed by atoms with Gasteiger partial charge in [0.25, 0.3) is 0 Å². The maximum absolute atomic E-state index is 13.6. The van der Waals surface area contributed by atoms with Crippen molar-refractivity contribution in [2.45, 2.75) is 43.9 Å². The summed E-state index contributed by atoms with van der Waals surface area (Å²) in [6, 6.07) is 3.53. The zero-order valence-corrected chi connectivity index (χ0v) is 10.5. The normalized spacial score (nSPS) is 19.9. The second-order valence-corrected chi connectivity index (χ2v) is 5.29. The molecule has 1 aromatic carbocycles. The molecule has 1 saturated carbocycles. The highest BCUT2D eigenvalue weighted by Gasteiger charge is 2.24. The van der Waals surface area contributed by atoms with E-state index in [1.807, 2.05) is 0 Å². The second-order valence-electron chi connectivity index (χ2n) is 4.82. The van der Waals surface area contributed by atoms with Gasteiger partial charge in [0.2, 0.25) is 0 Å². The van der Waals surface area contributed by atoms with Gasteiger partial charge in [0, 0.05) is 5.56 Å². The van der Waals surface area contributed by atoms with Crippen LogP contribution >= 0.6 is 11.6 Å². The summed E-state index contributed by atoms with van der Waals surface area (Å²) in [6.45, 7) is 0. The van der Waals surface area contributed by atoms with E-state index in [-0.39, 0.29) is 5.92 Å². The Bertz CT molecular complexity index is 370. The second kappa shape index (κ2) is 5.81.